The molecule has 0 aliphatic rings. The van der Waals surface area contributed by atoms with Crippen molar-refractivity contribution in [3.63, 3.8) is 0 Å². The molecule has 0 aliphatic heterocycles. The first-order valence-corrected chi connectivity index (χ1v) is 8.63. The summed E-state index contributed by atoms with van der Waals surface area (Å²) in [6, 6.07) is 17.6. The van der Waals surface area contributed by atoms with Crippen LogP contribution in [0.2, 0.25) is 0 Å². The summed E-state index contributed by atoms with van der Waals surface area (Å²) in [5.41, 5.74) is 3.12. The van der Waals surface area contributed by atoms with E-state index in [0.717, 1.165) is 21.7 Å². The number of benzene rings is 2. The zero-order valence-corrected chi connectivity index (χ0v) is 13.7. The number of ether oxygens (including phenoxy) is 1. The van der Waals surface area contributed by atoms with Gasteiger partial charge in [0.2, 0.25) is 0 Å². The van der Waals surface area contributed by atoms with E-state index in [9.17, 15) is 4.21 Å². The molecule has 4 nitrogen and oxygen atoms in total. The minimum Gasteiger partial charge on any atom is -0.380 e. The molecular formula is C18H18N2O2S. The van der Waals surface area contributed by atoms with Crippen LogP contribution in [0.15, 0.2) is 71.9 Å². The summed E-state index contributed by atoms with van der Waals surface area (Å²) in [5.74, 6) is 0.503. The van der Waals surface area contributed by atoms with Gasteiger partial charge in [0.25, 0.3) is 0 Å². The lowest BCUT2D eigenvalue weighted by molar-refractivity contribution is 0.185. The fraction of sp³-hybridized carbons (Fsp3) is 0.167. The Balaban J connectivity index is 1.67. The molecule has 1 aromatic heterocycles. The van der Waals surface area contributed by atoms with Crippen molar-refractivity contribution in [2.24, 2.45) is 0 Å². The van der Waals surface area contributed by atoms with E-state index in [1.165, 1.54) is 0 Å². The third kappa shape index (κ3) is 3.94. The van der Waals surface area contributed by atoms with Gasteiger partial charge in [0.1, 0.15) is 0 Å². The highest BCUT2D eigenvalue weighted by Gasteiger charge is 2.06. The minimum atomic E-state index is -1.05. The van der Waals surface area contributed by atoms with Gasteiger partial charge in [-0.3, -0.25) is 4.21 Å². The minimum absolute atomic E-state index is 0.503. The van der Waals surface area contributed by atoms with Crippen molar-refractivity contribution in [2.75, 3.05) is 7.11 Å². The molecule has 1 atom stereocenters. The van der Waals surface area contributed by atoms with Crippen LogP contribution >= 0.6 is 0 Å². The second-order valence-electron chi connectivity index (χ2n) is 5.18. The van der Waals surface area contributed by atoms with Gasteiger partial charge in [-0.05, 0) is 41.5 Å². The summed E-state index contributed by atoms with van der Waals surface area (Å²) in [7, 11) is 0.612. The predicted molar refractivity (Wildman–Crippen MR) is 90.8 cm³/mol. The number of rotatable bonds is 6. The Bertz CT molecular complexity index is 766. The maximum Gasteiger partial charge on any atom is 0.0713 e. The molecule has 118 valence electrons. The summed E-state index contributed by atoms with van der Waals surface area (Å²) in [4.78, 5) is 0.834. The summed E-state index contributed by atoms with van der Waals surface area (Å²) in [5, 5.41) is 4.19. The fourth-order valence-corrected chi connectivity index (χ4v) is 3.41. The number of nitrogens with zero attached hydrogens (tertiary/aromatic N) is 2. The summed E-state index contributed by atoms with van der Waals surface area (Å²) < 4.78 is 19.3. The van der Waals surface area contributed by atoms with E-state index in [1.807, 2.05) is 60.8 Å². The Morgan fingerprint density at radius 2 is 1.74 bits per heavy atom. The van der Waals surface area contributed by atoms with Crippen LogP contribution in [0.5, 0.6) is 0 Å². The third-order valence-corrected chi connectivity index (χ3v) is 4.89. The van der Waals surface area contributed by atoms with Crippen LogP contribution in [-0.4, -0.2) is 21.1 Å². The van der Waals surface area contributed by atoms with Gasteiger partial charge in [0.15, 0.2) is 0 Å². The Kier molecular flexibility index (Phi) is 5.00. The molecule has 5 heteroatoms. The fourth-order valence-electron chi connectivity index (χ4n) is 2.31. The Morgan fingerprint density at radius 3 is 2.35 bits per heavy atom. The lowest BCUT2D eigenvalue weighted by atomic mass is 10.2. The standard InChI is InChI=1S/C18H18N2O2S/c1-22-13-15-5-9-18(10-6-15)23(21)14-16-3-7-17(8-4-16)20-12-2-11-19-20/h2-12H,13-14H2,1H3/t23-/m0/s1. The molecule has 0 saturated heterocycles. The van der Waals surface area contributed by atoms with Crippen molar-refractivity contribution < 1.29 is 8.95 Å². The highest BCUT2D eigenvalue weighted by Crippen LogP contribution is 2.15. The first-order chi connectivity index (χ1) is 11.3. The smallest absolute Gasteiger partial charge is 0.0713 e. The van der Waals surface area contributed by atoms with Gasteiger partial charge in [0, 0.05) is 24.4 Å². The van der Waals surface area contributed by atoms with Gasteiger partial charge in [-0.2, -0.15) is 5.10 Å². The van der Waals surface area contributed by atoms with E-state index >= 15 is 0 Å². The van der Waals surface area contributed by atoms with Crippen LogP contribution in [-0.2, 0) is 27.9 Å². The molecule has 0 saturated carbocycles. The quantitative estimate of drug-likeness (QED) is 0.698. The molecule has 0 radical (unpaired) electrons. The molecule has 0 N–H and O–H groups in total. The highest BCUT2D eigenvalue weighted by atomic mass is 32.2. The maximum atomic E-state index is 12.5. The number of methoxy groups -OCH3 is 1. The van der Waals surface area contributed by atoms with Gasteiger partial charge in [-0.1, -0.05) is 24.3 Å². The second kappa shape index (κ2) is 7.35. The van der Waals surface area contributed by atoms with Crippen molar-refractivity contribution in [1.82, 2.24) is 9.78 Å². The molecule has 3 aromatic rings. The van der Waals surface area contributed by atoms with Crippen molar-refractivity contribution in [2.45, 2.75) is 17.3 Å². The third-order valence-electron chi connectivity index (χ3n) is 3.50. The van der Waals surface area contributed by atoms with Gasteiger partial charge in [0.05, 0.1) is 28.8 Å². The SMILES string of the molecule is COCc1ccc([S@@](=O)Cc2ccc(-n3cccn3)cc2)cc1. The van der Waals surface area contributed by atoms with Crippen LogP contribution in [0.4, 0.5) is 0 Å². The van der Waals surface area contributed by atoms with E-state index in [1.54, 1.807) is 18.0 Å². The van der Waals surface area contributed by atoms with E-state index in [0.29, 0.717) is 12.4 Å². The van der Waals surface area contributed by atoms with Gasteiger partial charge >= 0.3 is 0 Å². The van der Waals surface area contributed by atoms with Crippen LogP contribution in [0.3, 0.4) is 0 Å². The van der Waals surface area contributed by atoms with Crippen molar-refractivity contribution >= 4 is 10.8 Å². The topological polar surface area (TPSA) is 44.1 Å². The number of hydrogen-bond donors (Lipinski definition) is 0. The Labute approximate surface area is 138 Å². The van der Waals surface area contributed by atoms with Gasteiger partial charge in [-0.25, -0.2) is 4.68 Å². The first-order valence-electron chi connectivity index (χ1n) is 7.31. The molecular weight excluding hydrogens is 308 g/mol. The molecule has 2 aromatic carbocycles. The Morgan fingerprint density at radius 1 is 1.04 bits per heavy atom. The van der Waals surface area contributed by atoms with Crippen molar-refractivity contribution in [1.29, 1.82) is 0 Å². The molecule has 0 spiro atoms. The van der Waals surface area contributed by atoms with Crippen LogP contribution < -0.4 is 0 Å². The lowest BCUT2D eigenvalue weighted by Crippen LogP contribution is -1.99. The number of aromatic nitrogens is 2. The zero-order valence-electron chi connectivity index (χ0n) is 12.9. The van der Waals surface area contributed by atoms with Crippen LogP contribution in [0.1, 0.15) is 11.1 Å². The van der Waals surface area contributed by atoms with Crippen molar-refractivity contribution in [3.05, 3.63) is 78.1 Å². The van der Waals surface area contributed by atoms with Crippen LogP contribution in [0.25, 0.3) is 5.69 Å². The molecule has 23 heavy (non-hydrogen) atoms. The number of hydrogen-bond acceptors (Lipinski definition) is 3. The molecule has 0 amide bonds. The molecule has 3 rings (SSSR count). The first kappa shape index (κ1) is 15.6. The zero-order chi connectivity index (χ0) is 16.1. The molecule has 0 unspecified atom stereocenters. The molecule has 0 bridgehead atoms. The van der Waals surface area contributed by atoms with E-state index in [2.05, 4.69) is 5.10 Å². The van der Waals surface area contributed by atoms with E-state index < -0.39 is 10.8 Å². The van der Waals surface area contributed by atoms with Gasteiger partial charge in [-0.15, -0.1) is 0 Å². The van der Waals surface area contributed by atoms with Crippen LogP contribution in [0, 0.1) is 0 Å². The maximum absolute atomic E-state index is 12.5. The second-order valence-corrected chi connectivity index (χ2v) is 6.64. The van der Waals surface area contributed by atoms with Gasteiger partial charge < -0.3 is 4.74 Å². The average molecular weight is 326 g/mol. The molecule has 1 heterocycles. The predicted octanol–water partition coefficient (Wildman–Crippen LogP) is 3.33. The summed E-state index contributed by atoms with van der Waals surface area (Å²) >= 11 is 0. The average Bonchev–Trinajstić information content (AvgIpc) is 3.11. The summed E-state index contributed by atoms with van der Waals surface area (Å²) in [6.07, 6.45) is 3.64. The monoisotopic (exact) mass is 326 g/mol. The largest absolute Gasteiger partial charge is 0.380 e. The van der Waals surface area contributed by atoms with E-state index in [4.69, 9.17) is 4.74 Å². The molecule has 0 fully saturated rings. The molecule has 0 aliphatic carbocycles. The normalized spacial score (nSPS) is 12.2. The Hall–Kier alpha value is -2.24. The van der Waals surface area contributed by atoms with Crippen molar-refractivity contribution in [3.8, 4) is 5.69 Å². The highest BCUT2D eigenvalue weighted by molar-refractivity contribution is 7.84. The summed E-state index contributed by atoms with van der Waals surface area (Å²) in [6.45, 7) is 0.571. The lowest BCUT2D eigenvalue weighted by Gasteiger charge is -2.06. The van der Waals surface area contributed by atoms with E-state index in [-0.39, 0.29) is 0 Å².